The van der Waals surface area contributed by atoms with E-state index in [1.54, 1.807) is 0 Å². The summed E-state index contributed by atoms with van der Waals surface area (Å²) in [6.07, 6.45) is 0. The van der Waals surface area contributed by atoms with Crippen molar-refractivity contribution in [2.45, 2.75) is 0 Å². The normalized spacial score (nSPS) is 11.4. The monoisotopic (exact) mass is 982 g/mol. The lowest BCUT2D eigenvalue weighted by Gasteiger charge is -2.31. The van der Waals surface area contributed by atoms with E-state index in [1.165, 1.54) is 43.8 Å². The molecule has 0 spiro atoms. The summed E-state index contributed by atoms with van der Waals surface area (Å²) in [5, 5.41) is 6.97. The number of furan rings is 1. The molecule has 77 heavy (non-hydrogen) atoms. The van der Waals surface area contributed by atoms with E-state index in [0.717, 1.165) is 89.4 Å². The average Bonchev–Trinajstić information content (AvgIpc) is 3.91. The zero-order chi connectivity index (χ0) is 51.1. The van der Waals surface area contributed by atoms with Crippen LogP contribution in [-0.4, -0.2) is 0 Å². The van der Waals surface area contributed by atoms with E-state index in [1.807, 2.05) is 6.07 Å². The number of para-hydroxylation sites is 2. The first kappa shape index (κ1) is 45.4. The van der Waals surface area contributed by atoms with Gasteiger partial charge < -0.3 is 14.2 Å². The van der Waals surface area contributed by atoms with Crippen LogP contribution in [0.15, 0.2) is 308 Å². The van der Waals surface area contributed by atoms with Gasteiger partial charge in [-0.2, -0.15) is 0 Å². The highest BCUT2D eigenvalue weighted by atomic mass is 16.3. The predicted molar refractivity (Wildman–Crippen MR) is 325 cm³/mol. The molecule has 1 aromatic heterocycles. The Morgan fingerprint density at radius 1 is 0.208 bits per heavy atom. The van der Waals surface area contributed by atoms with Gasteiger partial charge in [0.15, 0.2) is 0 Å². The summed E-state index contributed by atoms with van der Waals surface area (Å²) < 4.78 is 6.49. The van der Waals surface area contributed by atoms with Crippen LogP contribution in [0.2, 0.25) is 0 Å². The standard InChI is InChI=1S/C74H50N2O/c1-4-18-51(19-5-1)54-32-34-57(35-33-54)66-26-14-16-30-72(66)76(62-44-45-74-71(50-62)69-29-15-17-31-73(69)77-74)64-47-59(70-48-58-24-10-11-25-65(58)67-27-12-13-28-68(67)70)46-63(49-64)75(60-40-36-55(37-41-60)52-20-6-2-7-21-52)61-42-38-56(39-43-61)53-22-8-3-9-23-53/h1-50H. The first-order valence-corrected chi connectivity index (χ1v) is 26.3. The summed E-state index contributed by atoms with van der Waals surface area (Å²) in [5.74, 6) is 0. The lowest BCUT2D eigenvalue weighted by atomic mass is 9.92. The Bertz CT molecular complexity index is 4330. The van der Waals surface area contributed by atoms with Crippen LogP contribution in [0.5, 0.6) is 0 Å². The minimum Gasteiger partial charge on any atom is -0.456 e. The predicted octanol–water partition coefficient (Wildman–Crippen LogP) is 21.2. The molecule has 3 nitrogen and oxygen atoms in total. The first-order valence-electron chi connectivity index (χ1n) is 26.3. The third kappa shape index (κ3) is 8.56. The van der Waals surface area contributed by atoms with Crippen LogP contribution in [0.1, 0.15) is 0 Å². The third-order valence-electron chi connectivity index (χ3n) is 15.0. The maximum atomic E-state index is 6.49. The van der Waals surface area contributed by atoms with Crippen LogP contribution < -0.4 is 9.80 Å². The number of rotatable bonds is 11. The van der Waals surface area contributed by atoms with Crippen molar-refractivity contribution in [1.29, 1.82) is 0 Å². The molecule has 362 valence electrons. The van der Waals surface area contributed by atoms with E-state index in [2.05, 4.69) is 307 Å². The Morgan fingerprint density at radius 3 is 1.27 bits per heavy atom. The highest BCUT2D eigenvalue weighted by Gasteiger charge is 2.24. The van der Waals surface area contributed by atoms with Crippen LogP contribution in [-0.2, 0) is 0 Å². The van der Waals surface area contributed by atoms with Gasteiger partial charge in [0.05, 0.1) is 5.69 Å². The zero-order valence-corrected chi connectivity index (χ0v) is 42.2. The van der Waals surface area contributed by atoms with Gasteiger partial charge in [0.2, 0.25) is 0 Å². The number of nitrogens with zero attached hydrogens (tertiary/aromatic N) is 2. The Balaban J connectivity index is 1.04. The van der Waals surface area contributed by atoms with E-state index in [0.29, 0.717) is 0 Å². The molecule has 0 N–H and O–H groups in total. The Labute approximate surface area is 448 Å². The van der Waals surface area contributed by atoms with Crippen molar-refractivity contribution in [3.63, 3.8) is 0 Å². The van der Waals surface area contributed by atoms with Crippen LogP contribution in [0, 0.1) is 0 Å². The molecule has 14 aromatic rings. The van der Waals surface area contributed by atoms with Gasteiger partial charge in [-0.1, -0.05) is 224 Å². The fourth-order valence-electron chi connectivity index (χ4n) is 11.3. The van der Waals surface area contributed by atoms with Crippen molar-refractivity contribution in [2.75, 3.05) is 9.80 Å². The van der Waals surface area contributed by atoms with E-state index >= 15 is 0 Å². The summed E-state index contributed by atoms with van der Waals surface area (Å²) >= 11 is 0. The minimum atomic E-state index is 0.848. The summed E-state index contributed by atoms with van der Waals surface area (Å²) in [6.45, 7) is 0. The largest absolute Gasteiger partial charge is 0.456 e. The van der Waals surface area contributed by atoms with Crippen molar-refractivity contribution in [1.82, 2.24) is 0 Å². The van der Waals surface area contributed by atoms with Crippen LogP contribution in [0.3, 0.4) is 0 Å². The van der Waals surface area contributed by atoms with Gasteiger partial charge in [0.1, 0.15) is 11.2 Å². The maximum Gasteiger partial charge on any atom is 0.135 e. The molecule has 14 rings (SSSR count). The molecule has 0 aliphatic rings. The minimum absolute atomic E-state index is 0.848. The molecule has 0 bridgehead atoms. The van der Waals surface area contributed by atoms with Crippen molar-refractivity contribution in [3.05, 3.63) is 303 Å². The molecule has 0 unspecified atom stereocenters. The van der Waals surface area contributed by atoms with Crippen LogP contribution in [0.25, 0.3) is 99.1 Å². The molecule has 0 atom stereocenters. The van der Waals surface area contributed by atoms with Crippen molar-refractivity contribution < 1.29 is 4.42 Å². The Morgan fingerprint density at radius 2 is 0.649 bits per heavy atom. The first-order chi connectivity index (χ1) is 38.2. The SMILES string of the molecule is c1ccc(-c2ccc(-c3ccccc3N(c3cc(-c4cc5ccccc5c5ccccc45)cc(N(c4ccc(-c5ccccc5)cc4)c4ccc(-c5ccccc5)cc4)c3)c3ccc4oc5ccccc5c4c3)cc2)cc1. The zero-order valence-electron chi connectivity index (χ0n) is 42.2. The van der Waals surface area contributed by atoms with E-state index in [9.17, 15) is 0 Å². The van der Waals surface area contributed by atoms with Gasteiger partial charge in [0.25, 0.3) is 0 Å². The topological polar surface area (TPSA) is 19.6 Å². The molecule has 0 aliphatic carbocycles. The summed E-state index contributed by atoms with van der Waals surface area (Å²) in [6, 6.07) is 110. The number of hydrogen-bond acceptors (Lipinski definition) is 3. The number of hydrogen-bond donors (Lipinski definition) is 0. The maximum absolute atomic E-state index is 6.49. The highest BCUT2D eigenvalue weighted by molar-refractivity contribution is 6.14. The second-order valence-corrected chi connectivity index (χ2v) is 19.7. The fourth-order valence-corrected chi connectivity index (χ4v) is 11.3. The van der Waals surface area contributed by atoms with Gasteiger partial charge in [-0.25, -0.2) is 0 Å². The molecule has 13 aromatic carbocycles. The van der Waals surface area contributed by atoms with Crippen molar-refractivity contribution in [2.24, 2.45) is 0 Å². The molecular weight excluding hydrogens is 933 g/mol. The number of benzene rings is 13. The van der Waals surface area contributed by atoms with Gasteiger partial charge in [-0.3, -0.25) is 0 Å². The summed E-state index contributed by atoms with van der Waals surface area (Å²) in [4.78, 5) is 4.87. The molecule has 0 amide bonds. The molecule has 0 saturated heterocycles. The molecule has 1 heterocycles. The molecule has 0 fully saturated rings. The lowest BCUT2D eigenvalue weighted by Crippen LogP contribution is -2.14. The van der Waals surface area contributed by atoms with Gasteiger partial charge in [-0.05, 0) is 150 Å². The molecule has 0 aliphatic heterocycles. The number of anilines is 6. The van der Waals surface area contributed by atoms with Crippen molar-refractivity contribution >= 4 is 77.6 Å². The van der Waals surface area contributed by atoms with E-state index < -0.39 is 0 Å². The summed E-state index contributed by atoms with van der Waals surface area (Å²) in [7, 11) is 0. The average molecular weight is 983 g/mol. The van der Waals surface area contributed by atoms with Crippen LogP contribution >= 0.6 is 0 Å². The molecule has 0 radical (unpaired) electrons. The van der Waals surface area contributed by atoms with E-state index in [4.69, 9.17) is 4.42 Å². The van der Waals surface area contributed by atoms with Gasteiger partial charge in [0, 0.05) is 44.8 Å². The second-order valence-electron chi connectivity index (χ2n) is 19.7. The van der Waals surface area contributed by atoms with Gasteiger partial charge in [-0.15, -0.1) is 0 Å². The highest BCUT2D eigenvalue weighted by Crippen LogP contribution is 2.48. The number of fused-ring (bicyclic) bond motifs is 6. The molecular formula is C74H50N2O. The van der Waals surface area contributed by atoms with E-state index in [-0.39, 0.29) is 0 Å². The smallest absolute Gasteiger partial charge is 0.135 e. The third-order valence-corrected chi connectivity index (χ3v) is 15.0. The lowest BCUT2D eigenvalue weighted by molar-refractivity contribution is 0.669. The summed E-state index contributed by atoms with van der Waals surface area (Å²) in [5.41, 5.74) is 19.4. The second kappa shape index (κ2) is 19.6. The fraction of sp³-hybridized carbons (Fsp3) is 0. The van der Waals surface area contributed by atoms with Crippen LogP contribution in [0.4, 0.5) is 34.1 Å². The Hall–Kier alpha value is -10.2. The molecule has 3 heteroatoms. The van der Waals surface area contributed by atoms with Crippen molar-refractivity contribution in [3.8, 4) is 55.6 Å². The molecule has 0 saturated carbocycles. The van der Waals surface area contributed by atoms with Gasteiger partial charge >= 0.3 is 0 Å². The Kier molecular flexibility index (Phi) is 11.5. The quantitative estimate of drug-likeness (QED) is 0.120.